The zero-order valence-electron chi connectivity index (χ0n) is 7.30. The molecule has 1 rings (SSSR count). The van der Waals surface area contributed by atoms with Crippen LogP contribution in [0, 0.1) is 0 Å². The molecule has 0 saturated heterocycles. The second-order valence-corrected chi connectivity index (χ2v) is 4.43. The molecule has 1 unspecified atom stereocenters. The van der Waals surface area contributed by atoms with E-state index < -0.39 is 0 Å². The van der Waals surface area contributed by atoms with Gasteiger partial charge in [-0.15, -0.1) is 11.8 Å². The van der Waals surface area contributed by atoms with E-state index in [0.29, 0.717) is 4.75 Å². The van der Waals surface area contributed by atoms with E-state index in [4.69, 9.17) is 4.74 Å². The van der Waals surface area contributed by atoms with E-state index in [1.807, 2.05) is 11.8 Å². The third-order valence-corrected chi connectivity index (χ3v) is 3.33. The molecule has 1 atom stereocenters. The Morgan fingerprint density at radius 1 is 1.64 bits per heavy atom. The minimum absolute atomic E-state index is 0.378. The number of methoxy groups -OCH3 is 1. The Balaban J connectivity index is 2.43. The molecule has 0 aromatic carbocycles. The molecule has 2 heteroatoms. The van der Waals surface area contributed by atoms with Crippen molar-refractivity contribution in [1.29, 1.82) is 0 Å². The van der Waals surface area contributed by atoms with E-state index in [9.17, 15) is 0 Å². The van der Waals surface area contributed by atoms with Crippen molar-refractivity contribution in [2.75, 3.05) is 13.7 Å². The van der Waals surface area contributed by atoms with Gasteiger partial charge in [0.1, 0.15) is 0 Å². The van der Waals surface area contributed by atoms with Gasteiger partial charge in [0.15, 0.2) is 0 Å². The average Bonchev–Trinajstić information content (AvgIpc) is 2.39. The van der Waals surface area contributed by atoms with Crippen molar-refractivity contribution in [2.45, 2.75) is 30.9 Å². The summed E-state index contributed by atoms with van der Waals surface area (Å²) in [7, 11) is 1.79. The van der Waals surface area contributed by atoms with E-state index in [1.165, 1.54) is 19.3 Å². The van der Waals surface area contributed by atoms with Gasteiger partial charge < -0.3 is 4.74 Å². The molecule has 0 bridgehead atoms. The molecule has 0 fully saturated rings. The zero-order chi connectivity index (χ0) is 8.16. The van der Waals surface area contributed by atoms with Gasteiger partial charge in [0.05, 0.1) is 6.61 Å². The SMILES string of the molecule is CCCC1(COC)CC=CS1. The molecule has 0 radical (unpaired) electrons. The van der Waals surface area contributed by atoms with Gasteiger partial charge >= 0.3 is 0 Å². The standard InChI is InChI=1S/C9H16OS/c1-3-5-9(8-10-2)6-4-7-11-9/h4,7H,3,5-6,8H2,1-2H3. The maximum atomic E-state index is 5.22. The maximum absolute atomic E-state index is 5.22. The molecule has 1 aliphatic rings. The van der Waals surface area contributed by atoms with Gasteiger partial charge in [0.2, 0.25) is 0 Å². The summed E-state index contributed by atoms with van der Waals surface area (Å²) in [4.78, 5) is 0. The first-order valence-corrected chi connectivity index (χ1v) is 5.03. The van der Waals surface area contributed by atoms with E-state index in [0.717, 1.165) is 6.61 Å². The smallest absolute Gasteiger partial charge is 0.0615 e. The molecule has 0 aromatic heterocycles. The highest BCUT2D eigenvalue weighted by Gasteiger charge is 2.30. The first-order valence-electron chi connectivity index (χ1n) is 4.15. The predicted octanol–water partition coefficient (Wildman–Crippen LogP) is 2.82. The monoisotopic (exact) mass is 172 g/mol. The van der Waals surface area contributed by atoms with Crippen LogP contribution < -0.4 is 0 Å². The Bertz CT molecular complexity index is 126. The fourth-order valence-electron chi connectivity index (χ4n) is 1.55. The highest BCUT2D eigenvalue weighted by Crippen LogP contribution is 2.40. The Kier molecular flexibility index (Phi) is 3.46. The number of hydrogen-bond donors (Lipinski definition) is 0. The van der Waals surface area contributed by atoms with Gasteiger partial charge in [-0.05, 0) is 18.2 Å². The fourth-order valence-corrected chi connectivity index (χ4v) is 2.73. The molecule has 0 aliphatic carbocycles. The molecule has 0 saturated carbocycles. The van der Waals surface area contributed by atoms with Gasteiger partial charge in [0, 0.05) is 11.9 Å². The van der Waals surface area contributed by atoms with Crippen LogP contribution in [0.2, 0.25) is 0 Å². The highest BCUT2D eigenvalue weighted by atomic mass is 32.2. The molecular weight excluding hydrogens is 156 g/mol. The number of allylic oxidation sites excluding steroid dienone is 1. The van der Waals surface area contributed by atoms with Crippen molar-refractivity contribution in [3.8, 4) is 0 Å². The molecular formula is C9H16OS. The lowest BCUT2D eigenvalue weighted by Crippen LogP contribution is -2.27. The van der Waals surface area contributed by atoms with Crippen molar-refractivity contribution < 1.29 is 4.74 Å². The summed E-state index contributed by atoms with van der Waals surface area (Å²) in [5, 5.41) is 2.20. The Morgan fingerprint density at radius 2 is 2.45 bits per heavy atom. The van der Waals surface area contributed by atoms with Crippen LogP contribution in [0.15, 0.2) is 11.5 Å². The summed E-state index contributed by atoms with van der Waals surface area (Å²) in [5.74, 6) is 0. The fraction of sp³-hybridized carbons (Fsp3) is 0.778. The van der Waals surface area contributed by atoms with Gasteiger partial charge in [-0.3, -0.25) is 0 Å². The summed E-state index contributed by atoms with van der Waals surface area (Å²) in [5.41, 5.74) is 0. The lowest BCUT2D eigenvalue weighted by molar-refractivity contribution is 0.165. The zero-order valence-corrected chi connectivity index (χ0v) is 8.12. The molecule has 1 aliphatic heterocycles. The average molecular weight is 172 g/mol. The summed E-state index contributed by atoms with van der Waals surface area (Å²) in [6.07, 6.45) is 5.94. The summed E-state index contributed by atoms with van der Waals surface area (Å²) in [6.45, 7) is 3.12. The topological polar surface area (TPSA) is 9.23 Å². The maximum Gasteiger partial charge on any atom is 0.0615 e. The van der Waals surface area contributed by atoms with Crippen LogP contribution in [-0.2, 0) is 4.74 Å². The van der Waals surface area contributed by atoms with Gasteiger partial charge in [-0.25, -0.2) is 0 Å². The Hall–Kier alpha value is 0.0500. The van der Waals surface area contributed by atoms with Crippen LogP contribution in [0.4, 0.5) is 0 Å². The Morgan fingerprint density at radius 3 is 2.91 bits per heavy atom. The largest absolute Gasteiger partial charge is 0.383 e. The van der Waals surface area contributed by atoms with Crippen molar-refractivity contribution in [2.24, 2.45) is 0 Å². The van der Waals surface area contributed by atoms with E-state index >= 15 is 0 Å². The van der Waals surface area contributed by atoms with Crippen LogP contribution in [0.25, 0.3) is 0 Å². The minimum atomic E-state index is 0.378. The van der Waals surface area contributed by atoms with Crippen LogP contribution in [0.1, 0.15) is 26.2 Å². The van der Waals surface area contributed by atoms with E-state index in [2.05, 4.69) is 18.4 Å². The second-order valence-electron chi connectivity index (χ2n) is 3.06. The highest BCUT2D eigenvalue weighted by molar-refractivity contribution is 8.03. The third-order valence-electron chi connectivity index (χ3n) is 2.02. The van der Waals surface area contributed by atoms with E-state index in [1.54, 1.807) is 7.11 Å². The number of rotatable bonds is 4. The van der Waals surface area contributed by atoms with E-state index in [-0.39, 0.29) is 0 Å². The predicted molar refractivity (Wildman–Crippen MR) is 50.9 cm³/mol. The molecule has 0 aromatic rings. The minimum Gasteiger partial charge on any atom is -0.383 e. The number of thioether (sulfide) groups is 1. The molecule has 0 spiro atoms. The molecule has 0 amide bonds. The normalized spacial score (nSPS) is 29.6. The van der Waals surface area contributed by atoms with Gasteiger partial charge in [0.25, 0.3) is 0 Å². The lowest BCUT2D eigenvalue weighted by Gasteiger charge is -2.26. The summed E-state index contributed by atoms with van der Waals surface area (Å²) in [6, 6.07) is 0. The van der Waals surface area contributed by atoms with Crippen molar-refractivity contribution >= 4 is 11.8 Å². The molecule has 64 valence electrons. The van der Waals surface area contributed by atoms with Crippen molar-refractivity contribution in [3.63, 3.8) is 0 Å². The van der Waals surface area contributed by atoms with Crippen LogP contribution in [0.3, 0.4) is 0 Å². The first-order chi connectivity index (χ1) is 5.33. The molecule has 0 N–H and O–H groups in total. The van der Waals surface area contributed by atoms with Crippen LogP contribution in [-0.4, -0.2) is 18.5 Å². The van der Waals surface area contributed by atoms with Crippen molar-refractivity contribution in [1.82, 2.24) is 0 Å². The number of hydrogen-bond acceptors (Lipinski definition) is 2. The molecule has 1 heterocycles. The van der Waals surface area contributed by atoms with Crippen LogP contribution >= 0.6 is 11.8 Å². The van der Waals surface area contributed by atoms with Gasteiger partial charge in [-0.2, -0.15) is 0 Å². The van der Waals surface area contributed by atoms with Crippen molar-refractivity contribution in [3.05, 3.63) is 11.5 Å². The summed E-state index contributed by atoms with van der Waals surface area (Å²) < 4.78 is 5.60. The molecule has 1 nitrogen and oxygen atoms in total. The lowest BCUT2D eigenvalue weighted by atomic mass is 10.00. The first kappa shape index (κ1) is 9.14. The summed E-state index contributed by atoms with van der Waals surface area (Å²) >= 11 is 1.93. The third kappa shape index (κ3) is 2.24. The molecule has 11 heavy (non-hydrogen) atoms. The van der Waals surface area contributed by atoms with Crippen LogP contribution in [0.5, 0.6) is 0 Å². The van der Waals surface area contributed by atoms with Gasteiger partial charge in [-0.1, -0.05) is 19.4 Å². The second kappa shape index (κ2) is 4.17. The quantitative estimate of drug-likeness (QED) is 0.645. The Labute approximate surface area is 73.2 Å². The number of ether oxygens (including phenoxy) is 1.